The SMILES string of the molecule is O=C(O)CCC(=O)O.[Ce]. The van der Waals surface area contributed by atoms with Crippen molar-refractivity contribution in [1.82, 2.24) is 0 Å². The number of carbonyl (C=O) groups is 2. The van der Waals surface area contributed by atoms with E-state index in [-0.39, 0.29) is 54.6 Å². The van der Waals surface area contributed by atoms with Crippen LogP contribution in [0.25, 0.3) is 0 Å². The summed E-state index contributed by atoms with van der Waals surface area (Å²) >= 11 is 0. The van der Waals surface area contributed by atoms with Crippen LogP contribution >= 0.6 is 0 Å². The molecule has 2 N–H and O–H groups in total. The first kappa shape index (κ1) is 12.0. The molecule has 0 aromatic carbocycles. The average Bonchev–Trinajstić information content (AvgIpc) is 1.61. The van der Waals surface area contributed by atoms with Crippen molar-refractivity contribution < 1.29 is 61.5 Å². The molecule has 5 heteroatoms. The van der Waals surface area contributed by atoms with Crippen molar-refractivity contribution in [3.8, 4) is 0 Å². The minimum absolute atomic E-state index is 0. The molecular formula is C4H6CeO4. The van der Waals surface area contributed by atoms with Crippen LogP contribution in [-0.4, -0.2) is 22.2 Å². The van der Waals surface area contributed by atoms with Gasteiger partial charge in [-0.15, -0.1) is 0 Å². The van der Waals surface area contributed by atoms with Crippen LogP contribution in [0.2, 0.25) is 0 Å². The standard InChI is InChI=1S/C4H6O4.Ce/c5-3(6)1-2-4(7)8;/h1-2H2,(H,5,6)(H,7,8);. The summed E-state index contributed by atoms with van der Waals surface area (Å²) in [7, 11) is 0. The predicted octanol–water partition coefficient (Wildman–Crippen LogP) is -0.0642. The van der Waals surface area contributed by atoms with Gasteiger partial charge in [-0.05, 0) is 0 Å². The first-order chi connectivity index (χ1) is 3.63. The molecule has 0 aliphatic rings. The van der Waals surface area contributed by atoms with Gasteiger partial charge in [0.05, 0.1) is 12.8 Å². The molecule has 0 aromatic rings. The molecule has 50 valence electrons. The molecule has 0 saturated carbocycles. The molecule has 0 spiro atoms. The molecule has 0 atom stereocenters. The molecule has 4 nitrogen and oxygen atoms in total. The maximum atomic E-state index is 9.64. The van der Waals surface area contributed by atoms with Crippen LogP contribution < -0.4 is 0 Å². The third-order valence-corrected chi connectivity index (χ3v) is 0.553. The minimum Gasteiger partial charge on any atom is -0.481 e. The Morgan fingerprint density at radius 1 is 1.00 bits per heavy atom. The Morgan fingerprint density at radius 3 is 1.33 bits per heavy atom. The van der Waals surface area contributed by atoms with Gasteiger partial charge in [0.25, 0.3) is 0 Å². The summed E-state index contributed by atoms with van der Waals surface area (Å²) in [6, 6.07) is 0. The van der Waals surface area contributed by atoms with E-state index < -0.39 is 11.9 Å². The predicted molar refractivity (Wildman–Crippen MR) is 24.5 cm³/mol. The Balaban J connectivity index is 0. The van der Waals surface area contributed by atoms with Gasteiger partial charge in [0, 0.05) is 41.7 Å². The van der Waals surface area contributed by atoms with E-state index in [0.29, 0.717) is 0 Å². The molecule has 0 aromatic heterocycles. The second kappa shape index (κ2) is 6.44. The van der Waals surface area contributed by atoms with E-state index in [0.717, 1.165) is 0 Å². The van der Waals surface area contributed by atoms with Gasteiger partial charge < -0.3 is 10.2 Å². The van der Waals surface area contributed by atoms with Gasteiger partial charge >= 0.3 is 11.9 Å². The summed E-state index contributed by atoms with van der Waals surface area (Å²) in [4.78, 5) is 19.3. The molecule has 0 radical (unpaired) electrons. The zero-order chi connectivity index (χ0) is 6.57. The number of rotatable bonds is 3. The van der Waals surface area contributed by atoms with Crippen molar-refractivity contribution in [2.75, 3.05) is 0 Å². The normalized spacial score (nSPS) is 7.56. The fourth-order valence-corrected chi connectivity index (χ4v) is 0.214. The molecule has 0 heterocycles. The molecule has 0 rings (SSSR count). The summed E-state index contributed by atoms with van der Waals surface area (Å²) in [6.07, 6.45) is -0.593. The van der Waals surface area contributed by atoms with Crippen LogP contribution in [0.15, 0.2) is 0 Å². The molecule has 9 heavy (non-hydrogen) atoms. The Labute approximate surface area is 85.6 Å². The monoisotopic (exact) mass is 258 g/mol. The van der Waals surface area contributed by atoms with Crippen molar-refractivity contribution in [3.63, 3.8) is 0 Å². The third-order valence-electron chi connectivity index (χ3n) is 0.553. The average molecular weight is 258 g/mol. The largest absolute Gasteiger partial charge is 0.481 e. The van der Waals surface area contributed by atoms with Crippen LogP contribution in [0.5, 0.6) is 0 Å². The molecule has 0 saturated heterocycles. The van der Waals surface area contributed by atoms with Crippen molar-refractivity contribution in [1.29, 1.82) is 0 Å². The number of hydrogen-bond acceptors (Lipinski definition) is 2. The van der Waals surface area contributed by atoms with E-state index in [4.69, 9.17) is 10.2 Å². The molecule has 0 fully saturated rings. The van der Waals surface area contributed by atoms with Gasteiger partial charge in [-0.2, -0.15) is 0 Å². The van der Waals surface area contributed by atoms with Crippen molar-refractivity contribution in [2.24, 2.45) is 0 Å². The van der Waals surface area contributed by atoms with Gasteiger partial charge in [-0.25, -0.2) is 0 Å². The number of hydrogen-bond donors (Lipinski definition) is 2. The third kappa shape index (κ3) is 11.7. The fourth-order valence-electron chi connectivity index (χ4n) is 0.214. The van der Waals surface area contributed by atoms with Gasteiger partial charge in [0.2, 0.25) is 0 Å². The van der Waals surface area contributed by atoms with E-state index in [1.807, 2.05) is 0 Å². The Morgan fingerprint density at radius 2 is 1.22 bits per heavy atom. The van der Waals surface area contributed by atoms with Crippen molar-refractivity contribution >= 4 is 11.9 Å². The van der Waals surface area contributed by atoms with Crippen LogP contribution in [0.4, 0.5) is 0 Å². The number of carboxylic acid groups (broad SMARTS) is 2. The summed E-state index contributed by atoms with van der Waals surface area (Å²) in [5.74, 6) is -2.15. The van der Waals surface area contributed by atoms with E-state index in [9.17, 15) is 9.59 Å². The maximum Gasteiger partial charge on any atom is 0.303 e. The summed E-state index contributed by atoms with van der Waals surface area (Å²) in [6.45, 7) is 0. The second-order valence-electron chi connectivity index (χ2n) is 1.29. The summed E-state index contributed by atoms with van der Waals surface area (Å²) in [5, 5.41) is 15.8. The second-order valence-corrected chi connectivity index (χ2v) is 1.29. The smallest absolute Gasteiger partial charge is 0.303 e. The van der Waals surface area contributed by atoms with Crippen molar-refractivity contribution in [3.05, 3.63) is 0 Å². The Bertz CT molecular complexity index is 97.1. The summed E-state index contributed by atoms with van der Waals surface area (Å²) < 4.78 is 0. The topological polar surface area (TPSA) is 74.6 Å². The molecule has 0 bridgehead atoms. The maximum absolute atomic E-state index is 9.64. The van der Waals surface area contributed by atoms with E-state index in [2.05, 4.69) is 0 Å². The summed E-state index contributed by atoms with van der Waals surface area (Å²) in [5.41, 5.74) is 0. The zero-order valence-electron chi connectivity index (χ0n) is 4.63. The molecule has 0 unspecified atom stereocenters. The first-order valence-electron chi connectivity index (χ1n) is 2.06. The molecule has 0 amide bonds. The molecule has 0 aliphatic heterocycles. The van der Waals surface area contributed by atoms with Gasteiger partial charge in [0.15, 0.2) is 0 Å². The van der Waals surface area contributed by atoms with Crippen LogP contribution in [-0.2, 0) is 9.59 Å². The van der Waals surface area contributed by atoms with E-state index in [1.54, 1.807) is 0 Å². The minimum atomic E-state index is -1.08. The number of carboxylic acids is 2. The fraction of sp³-hybridized carbons (Fsp3) is 0.500. The molecular weight excluding hydrogens is 252 g/mol. The zero-order valence-corrected chi connectivity index (χ0v) is 7.77. The first-order valence-corrected chi connectivity index (χ1v) is 2.06. The van der Waals surface area contributed by atoms with E-state index >= 15 is 0 Å². The quantitative estimate of drug-likeness (QED) is 0.743. The van der Waals surface area contributed by atoms with Crippen molar-refractivity contribution in [2.45, 2.75) is 12.8 Å². The van der Waals surface area contributed by atoms with E-state index in [1.165, 1.54) is 0 Å². The van der Waals surface area contributed by atoms with Crippen LogP contribution in [0, 0.1) is 41.7 Å². The van der Waals surface area contributed by atoms with Crippen LogP contribution in [0.3, 0.4) is 0 Å². The Hall–Kier alpha value is 0.317. The van der Waals surface area contributed by atoms with Gasteiger partial charge in [0.1, 0.15) is 0 Å². The Kier molecular flexibility index (Phi) is 8.61. The van der Waals surface area contributed by atoms with Gasteiger partial charge in [-0.3, -0.25) is 9.59 Å². The number of aliphatic carboxylic acids is 2. The van der Waals surface area contributed by atoms with Crippen LogP contribution in [0.1, 0.15) is 12.8 Å². The van der Waals surface area contributed by atoms with Gasteiger partial charge in [-0.1, -0.05) is 0 Å². The molecule has 0 aliphatic carbocycles.